The molecule has 34 heavy (non-hydrogen) atoms. The molecule has 4 aromatic rings. The molecule has 0 bridgehead atoms. The molecule has 0 aliphatic rings. The minimum Gasteiger partial charge on any atom is -0.489 e. The van der Waals surface area contributed by atoms with Gasteiger partial charge in [-0.3, -0.25) is 4.79 Å². The Morgan fingerprint density at radius 1 is 0.941 bits per heavy atom. The van der Waals surface area contributed by atoms with Crippen molar-refractivity contribution in [1.29, 1.82) is 0 Å². The zero-order valence-electron chi connectivity index (χ0n) is 19.7. The predicted octanol–water partition coefficient (Wildman–Crippen LogP) is 7.64. The minimum absolute atomic E-state index is 0.115. The summed E-state index contributed by atoms with van der Waals surface area (Å²) in [7, 11) is 0. The quantitative estimate of drug-likeness (QED) is 0.282. The second-order valence-electron chi connectivity index (χ2n) is 8.59. The molecule has 0 heterocycles. The first-order valence-corrected chi connectivity index (χ1v) is 11.8. The molecule has 1 amide bonds. The van der Waals surface area contributed by atoms with Crippen LogP contribution < -0.4 is 10.1 Å². The summed E-state index contributed by atoms with van der Waals surface area (Å²) in [6.45, 7) is 4.43. The van der Waals surface area contributed by atoms with Gasteiger partial charge in [0.25, 0.3) is 0 Å². The van der Waals surface area contributed by atoms with Gasteiger partial charge in [0, 0.05) is 11.1 Å². The summed E-state index contributed by atoms with van der Waals surface area (Å²) in [6.07, 6.45) is 3.00. The number of para-hydroxylation sites is 1. The van der Waals surface area contributed by atoms with Crippen LogP contribution in [-0.4, -0.2) is 5.91 Å². The van der Waals surface area contributed by atoms with Crippen LogP contribution in [0.2, 0.25) is 0 Å². The lowest BCUT2D eigenvalue weighted by Gasteiger charge is -2.18. The van der Waals surface area contributed by atoms with Gasteiger partial charge in [0.15, 0.2) is 0 Å². The fourth-order valence-electron chi connectivity index (χ4n) is 4.14. The molecule has 0 aliphatic carbocycles. The highest BCUT2D eigenvalue weighted by Crippen LogP contribution is 2.29. The van der Waals surface area contributed by atoms with Crippen molar-refractivity contribution in [3.63, 3.8) is 0 Å². The van der Waals surface area contributed by atoms with E-state index in [-0.39, 0.29) is 11.7 Å². The Hall–Kier alpha value is -3.66. The zero-order valence-corrected chi connectivity index (χ0v) is 19.7. The number of hydrogen-bond acceptors (Lipinski definition) is 2. The fourth-order valence-corrected chi connectivity index (χ4v) is 4.14. The van der Waals surface area contributed by atoms with Gasteiger partial charge in [0.2, 0.25) is 5.91 Å². The number of unbranched alkanes of at least 4 members (excludes halogenated alkanes) is 1. The van der Waals surface area contributed by atoms with E-state index in [1.165, 1.54) is 6.07 Å². The van der Waals surface area contributed by atoms with Crippen molar-refractivity contribution in [2.24, 2.45) is 0 Å². The summed E-state index contributed by atoms with van der Waals surface area (Å²) in [6, 6.07) is 26.3. The first-order valence-electron chi connectivity index (χ1n) is 11.8. The van der Waals surface area contributed by atoms with Crippen molar-refractivity contribution < 1.29 is 13.9 Å². The van der Waals surface area contributed by atoms with Crippen molar-refractivity contribution in [2.45, 2.75) is 45.6 Å². The van der Waals surface area contributed by atoms with Gasteiger partial charge in [-0.05, 0) is 66.1 Å². The highest BCUT2D eigenvalue weighted by molar-refractivity contribution is 5.99. The van der Waals surface area contributed by atoms with E-state index in [0.29, 0.717) is 12.0 Å². The number of halogens is 1. The average molecular weight is 456 g/mol. The van der Waals surface area contributed by atoms with Gasteiger partial charge in [-0.25, -0.2) is 4.39 Å². The van der Waals surface area contributed by atoms with E-state index < -0.39 is 5.92 Å². The number of carbonyl (C=O) groups excluding carboxylic acids is 1. The van der Waals surface area contributed by atoms with E-state index in [4.69, 9.17) is 4.74 Å². The number of benzene rings is 4. The van der Waals surface area contributed by atoms with Gasteiger partial charge in [0.1, 0.15) is 18.2 Å². The maximum atomic E-state index is 14.3. The molecule has 0 saturated carbocycles. The third kappa shape index (κ3) is 5.45. The summed E-state index contributed by atoms with van der Waals surface area (Å²) in [5.41, 5.74) is 3.72. The SMILES string of the molecule is CCCCc1ccc(COc2ccccc2)cc1NC(=O)C(C)c1ccc(F)c2ccccc12. The molecule has 0 radical (unpaired) electrons. The number of ether oxygens (including phenoxy) is 1. The van der Waals surface area contributed by atoms with E-state index in [0.717, 1.165) is 52.8 Å². The first-order chi connectivity index (χ1) is 16.6. The Morgan fingerprint density at radius 2 is 1.68 bits per heavy atom. The van der Waals surface area contributed by atoms with Gasteiger partial charge in [-0.2, -0.15) is 0 Å². The monoisotopic (exact) mass is 455 g/mol. The molecular weight excluding hydrogens is 425 g/mol. The summed E-state index contributed by atoms with van der Waals surface area (Å²) < 4.78 is 20.2. The molecule has 3 nitrogen and oxygen atoms in total. The lowest BCUT2D eigenvalue weighted by molar-refractivity contribution is -0.117. The molecule has 4 rings (SSSR count). The summed E-state index contributed by atoms with van der Waals surface area (Å²) in [5.74, 6) is -0.0238. The van der Waals surface area contributed by atoms with Crippen molar-refractivity contribution in [2.75, 3.05) is 5.32 Å². The molecule has 0 aliphatic heterocycles. The Morgan fingerprint density at radius 3 is 2.44 bits per heavy atom. The van der Waals surface area contributed by atoms with Crippen molar-refractivity contribution >= 4 is 22.4 Å². The number of aryl methyl sites for hydroxylation is 1. The number of anilines is 1. The summed E-state index contributed by atoms with van der Waals surface area (Å²) >= 11 is 0. The van der Waals surface area contributed by atoms with Crippen molar-refractivity contribution in [3.05, 3.63) is 107 Å². The number of fused-ring (bicyclic) bond motifs is 1. The first kappa shape index (κ1) is 23.5. The topological polar surface area (TPSA) is 38.3 Å². The van der Waals surface area contributed by atoms with E-state index >= 15 is 0 Å². The molecular formula is C30H30FNO2. The highest BCUT2D eigenvalue weighted by atomic mass is 19.1. The average Bonchev–Trinajstić information content (AvgIpc) is 2.87. The van der Waals surface area contributed by atoms with Crippen LogP contribution in [0.1, 0.15) is 49.3 Å². The predicted molar refractivity (Wildman–Crippen MR) is 137 cm³/mol. The Kier molecular flexibility index (Phi) is 7.58. The second kappa shape index (κ2) is 11.0. The lowest BCUT2D eigenvalue weighted by Crippen LogP contribution is -2.20. The third-order valence-electron chi connectivity index (χ3n) is 6.14. The molecule has 0 fully saturated rings. The van der Waals surface area contributed by atoms with Gasteiger partial charge in [-0.1, -0.05) is 74.0 Å². The molecule has 1 unspecified atom stereocenters. The van der Waals surface area contributed by atoms with Crippen LogP contribution in [0.4, 0.5) is 10.1 Å². The normalized spacial score (nSPS) is 11.9. The molecule has 0 aromatic heterocycles. The summed E-state index contributed by atoms with van der Waals surface area (Å²) in [5, 5.41) is 4.44. The highest BCUT2D eigenvalue weighted by Gasteiger charge is 2.20. The third-order valence-corrected chi connectivity index (χ3v) is 6.14. The largest absolute Gasteiger partial charge is 0.489 e. The number of nitrogens with one attached hydrogen (secondary N) is 1. The van der Waals surface area contributed by atoms with E-state index in [1.807, 2.05) is 61.5 Å². The number of amides is 1. The van der Waals surface area contributed by atoms with Gasteiger partial charge >= 0.3 is 0 Å². The number of carbonyl (C=O) groups is 1. The van der Waals surface area contributed by atoms with Crippen LogP contribution in [0.5, 0.6) is 5.75 Å². The Balaban J connectivity index is 1.57. The lowest BCUT2D eigenvalue weighted by atomic mass is 9.93. The molecule has 4 heteroatoms. The maximum Gasteiger partial charge on any atom is 0.231 e. The number of hydrogen-bond donors (Lipinski definition) is 1. The fraction of sp³-hybridized carbons (Fsp3) is 0.233. The van der Waals surface area contributed by atoms with Gasteiger partial charge < -0.3 is 10.1 Å². The molecule has 174 valence electrons. The van der Waals surface area contributed by atoms with Crippen molar-refractivity contribution in [3.8, 4) is 5.75 Å². The number of rotatable bonds is 9. The molecule has 4 aromatic carbocycles. The Labute approximate surface area is 200 Å². The molecule has 1 atom stereocenters. The summed E-state index contributed by atoms with van der Waals surface area (Å²) in [4.78, 5) is 13.3. The molecule has 1 N–H and O–H groups in total. The van der Waals surface area contributed by atoms with Gasteiger partial charge in [-0.15, -0.1) is 0 Å². The van der Waals surface area contributed by atoms with Crippen LogP contribution in [0.25, 0.3) is 10.8 Å². The second-order valence-corrected chi connectivity index (χ2v) is 8.59. The van der Waals surface area contributed by atoms with Crippen LogP contribution in [0.15, 0.2) is 84.9 Å². The van der Waals surface area contributed by atoms with Gasteiger partial charge in [0.05, 0.1) is 5.92 Å². The van der Waals surface area contributed by atoms with Crippen LogP contribution in [-0.2, 0) is 17.8 Å². The van der Waals surface area contributed by atoms with Crippen LogP contribution >= 0.6 is 0 Å². The molecule has 0 spiro atoms. The maximum absolute atomic E-state index is 14.3. The van der Waals surface area contributed by atoms with Crippen LogP contribution in [0, 0.1) is 5.82 Å². The van der Waals surface area contributed by atoms with E-state index in [1.54, 1.807) is 12.1 Å². The van der Waals surface area contributed by atoms with Crippen molar-refractivity contribution in [1.82, 2.24) is 0 Å². The standard InChI is InChI=1S/C30H30FNO2/c1-3-4-10-23-16-15-22(20-34-24-11-6-5-7-12-24)19-29(23)32-30(33)21(2)25-17-18-28(31)27-14-9-8-13-26(25)27/h5-9,11-19,21H,3-4,10,20H2,1-2H3,(H,32,33). The zero-order chi connectivity index (χ0) is 23.9. The molecule has 0 saturated heterocycles. The smallest absolute Gasteiger partial charge is 0.231 e. The minimum atomic E-state index is -0.436. The van der Waals surface area contributed by atoms with E-state index in [9.17, 15) is 9.18 Å². The Bertz CT molecular complexity index is 1270. The van der Waals surface area contributed by atoms with Crippen LogP contribution in [0.3, 0.4) is 0 Å². The van der Waals surface area contributed by atoms with E-state index in [2.05, 4.69) is 24.4 Å².